The molecule has 0 aliphatic carbocycles. The van der Waals surface area contributed by atoms with Crippen LogP contribution in [0.4, 0.5) is 0 Å². The van der Waals surface area contributed by atoms with Gasteiger partial charge < -0.3 is 0 Å². The lowest BCUT2D eigenvalue weighted by Crippen LogP contribution is -2.04. The van der Waals surface area contributed by atoms with Crippen molar-refractivity contribution in [3.63, 3.8) is 0 Å². The molecule has 0 aliphatic rings. The molecule has 54 valence electrons. The van der Waals surface area contributed by atoms with Crippen LogP contribution in [0.3, 0.4) is 0 Å². The highest BCUT2D eigenvalue weighted by Gasteiger charge is 2.04. The SMILES string of the molecule is CN=CSC(C)C(C)C. The molecule has 1 unspecified atom stereocenters. The Morgan fingerprint density at radius 3 is 2.22 bits per heavy atom. The molecule has 0 bridgehead atoms. The van der Waals surface area contributed by atoms with Gasteiger partial charge in [-0.05, 0) is 5.92 Å². The van der Waals surface area contributed by atoms with Crippen LogP contribution in [-0.2, 0) is 0 Å². The number of rotatable bonds is 3. The van der Waals surface area contributed by atoms with Gasteiger partial charge in [0.15, 0.2) is 0 Å². The monoisotopic (exact) mass is 145 g/mol. The van der Waals surface area contributed by atoms with E-state index in [1.807, 2.05) is 5.55 Å². The van der Waals surface area contributed by atoms with Gasteiger partial charge in [0.1, 0.15) is 0 Å². The van der Waals surface area contributed by atoms with Crippen LogP contribution in [0, 0.1) is 5.92 Å². The highest BCUT2D eigenvalue weighted by molar-refractivity contribution is 8.12. The summed E-state index contributed by atoms with van der Waals surface area (Å²) in [6, 6.07) is 0. The minimum absolute atomic E-state index is 0.689. The first-order valence-electron chi connectivity index (χ1n) is 3.24. The molecule has 2 heteroatoms. The molecule has 0 rings (SSSR count). The predicted octanol–water partition coefficient (Wildman–Crippen LogP) is 2.42. The fourth-order valence-corrected chi connectivity index (χ4v) is 0.942. The van der Waals surface area contributed by atoms with Crippen LogP contribution in [-0.4, -0.2) is 17.8 Å². The first-order chi connectivity index (χ1) is 4.18. The molecule has 9 heavy (non-hydrogen) atoms. The number of hydrogen-bond acceptors (Lipinski definition) is 2. The molecule has 0 saturated carbocycles. The maximum Gasteiger partial charge on any atom is 0.0540 e. The van der Waals surface area contributed by atoms with E-state index in [1.165, 1.54) is 0 Å². The smallest absolute Gasteiger partial charge is 0.0540 e. The second kappa shape index (κ2) is 4.86. The summed E-state index contributed by atoms with van der Waals surface area (Å²) >= 11 is 1.79. The topological polar surface area (TPSA) is 12.4 Å². The van der Waals surface area contributed by atoms with Crippen LogP contribution >= 0.6 is 11.8 Å². The van der Waals surface area contributed by atoms with Crippen LogP contribution in [0.25, 0.3) is 0 Å². The molecule has 0 aromatic carbocycles. The molecule has 0 N–H and O–H groups in total. The van der Waals surface area contributed by atoms with Gasteiger partial charge in [0, 0.05) is 12.3 Å². The van der Waals surface area contributed by atoms with Gasteiger partial charge in [-0.25, -0.2) is 0 Å². The van der Waals surface area contributed by atoms with Crippen molar-refractivity contribution < 1.29 is 0 Å². The maximum absolute atomic E-state index is 3.90. The van der Waals surface area contributed by atoms with E-state index in [1.54, 1.807) is 18.8 Å². The van der Waals surface area contributed by atoms with Crippen LogP contribution < -0.4 is 0 Å². The van der Waals surface area contributed by atoms with Crippen LogP contribution in [0.1, 0.15) is 20.8 Å². The molecule has 0 saturated heterocycles. The third kappa shape index (κ3) is 4.52. The van der Waals surface area contributed by atoms with Gasteiger partial charge in [-0.3, -0.25) is 4.99 Å². The predicted molar refractivity (Wildman–Crippen MR) is 46.3 cm³/mol. The number of aliphatic imine (C=N–C) groups is 1. The minimum Gasteiger partial charge on any atom is -0.290 e. The van der Waals surface area contributed by atoms with Crippen molar-refractivity contribution in [2.45, 2.75) is 26.0 Å². The zero-order valence-electron chi connectivity index (χ0n) is 6.59. The fourth-order valence-electron chi connectivity index (χ4n) is 0.314. The lowest BCUT2D eigenvalue weighted by Gasteiger charge is -2.10. The Balaban J connectivity index is 3.38. The van der Waals surface area contributed by atoms with Crippen LogP contribution in [0.2, 0.25) is 0 Å². The van der Waals surface area contributed by atoms with E-state index in [0.29, 0.717) is 5.25 Å². The summed E-state index contributed by atoms with van der Waals surface area (Å²) in [5.41, 5.74) is 1.91. The Bertz CT molecular complexity index is 88.9. The van der Waals surface area contributed by atoms with E-state index in [-0.39, 0.29) is 0 Å². The lowest BCUT2D eigenvalue weighted by atomic mass is 10.2. The van der Waals surface area contributed by atoms with Crippen molar-refractivity contribution in [3.8, 4) is 0 Å². The minimum atomic E-state index is 0.689. The molecular weight excluding hydrogens is 130 g/mol. The van der Waals surface area contributed by atoms with E-state index in [9.17, 15) is 0 Å². The van der Waals surface area contributed by atoms with Crippen molar-refractivity contribution in [3.05, 3.63) is 0 Å². The summed E-state index contributed by atoms with van der Waals surface area (Å²) in [5.74, 6) is 0.744. The number of thioether (sulfide) groups is 1. The average Bonchev–Trinajstić information content (AvgIpc) is 1.82. The van der Waals surface area contributed by atoms with Crippen molar-refractivity contribution in [2.75, 3.05) is 7.05 Å². The zero-order valence-corrected chi connectivity index (χ0v) is 7.40. The maximum atomic E-state index is 3.90. The molecule has 0 heterocycles. The molecule has 1 atom stereocenters. The summed E-state index contributed by atoms with van der Waals surface area (Å²) in [6.07, 6.45) is 0. The van der Waals surface area contributed by atoms with Gasteiger partial charge in [-0.15, -0.1) is 11.8 Å². The Labute approximate surface area is 61.9 Å². The van der Waals surface area contributed by atoms with E-state index in [2.05, 4.69) is 25.8 Å². The third-order valence-corrected chi connectivity index (χ3v) is 2.63. The lowest BCUT2D eigenvalue weighted by molar-refractivity contribution is 0.644. The van der Waals surface area contributed by atoms with E-state index in [0.717, 1.165) is 5.92 Å². The summed E-state index contributed by atoms with van der Waals surface area (Å²) in [5, 5.41) is 0.689. The fraction of sp³-hybridized carbons (Fsp3) is 0.857. The first-order valence-corrected chi connectivity index (χ1v) is 4.19. The first kappa shape index (κ1) is 9.02. The molecule has 1 nitrogen and oxygen atoms in total. The summed E-state index contributed by atoms with van der Waals surface area (Å²) in [6.45, 7) is 6.67. The Morgan fingerprint density at radius 2 is 1.89 bits per heavy atom. The van der Waals surface area contributed by atoms with Crippen LogP contribution in [0.15, 0.2) is 4.99 Å². The van der Waals surface area contributed by atoms with Gasteiger partial charge in [0.25, 0.3) is 0 Å². The standard InChI is InChI=1S/C7H15NS/c1-6(2)7(3)9-5-8-4/h5-7H,1-4H3. The van der Waals surface area contributed by atoms with Crippen molar-refractivity contribution in [1.82, 2.24) is 0 Å². The van der Waals surface area contributed by atoms with E-state index in [4.69, 9.17) is 0 Å². The molecule has 0 aliphatic heterocycles. The zero-order chi connectivity index (χ0) is 7.28. The Hall–Kier alpha value is 0.0200. The van der Waals surface area contributed by atoms with Gasteiger partial charge >= 0.3 is 0 Å². The Kier molecular flexibility index (Phi) is 4.87. The van der Waals surface area contributed by atoms with E-state index >= 15 is 0 Å². The molecule has 0 aromatic heterocycles. The van der Waals surface area contributed by atoms with Crippen LogP contribution in [0.5, 0.6) is 0 Å². The summed E-state index contributed by atoms with van der Waals surface area (Å²) in [7, 11) is 1.81. The second-order valence-electron chi connectivity index (χ2n) is 2.45. The molecule has 0 fully saturated rings. The molecular formula is C7H15NS. The van der Waals surface area contributed by atoms with Crippen molar-refractivity contribution >= 4 is 17.3 Å². The number of nitrogens with zero attached hydrogens (tertiary/aromatic N) is 1. The Morgan fingerprint density at radius 1 is 1.33 bits per heavy atom. The molecule has 0 amide bonds. The van der Waals surface area contributed by atoms with Gasteiger partial charge in [-0.1, -0.05) is 20.8 Å². The highest BCUT2D eigenvalue weighted by Crippen LogP contribution is 2.15. The van der Waals surface area contributed by atoms with Gasteiger partial charge in [0.05, 0.1) is 5.55 Å². The average molecular weight is 145 g/mol. The quantitative estimate of drug-likeness (QED) is 0.439. The second-order valence-corrected chi connectivity index (χ2v) is 3.68. The molecule has 0 aromatic rings. The number of hydrogen-bond donors (Lipinski definition) is 0. The molecule has 0 spiro atoms. The summed E-state index contributed by atoms with van der Waals surface area (Å²) in [4.78, 5) is 3.90. The largest absolute Gasteiger partial charge is 0.290 e. The van der Waals surface area contributed by atoms with Gasteiger partial charge in [-0.2, -0.15) is 0 Å². The summed E-state index contributed by atoms with van der Waals surface area (Å²) < 4.78 is 0. The van der Waals surface area contributed by atoms with Gasteiger partial charge in [0.2, 0.25) is 0 Å². The highest BCUT2D eigenvalue weighted by atomic mass is 32.2. The van der Waals surface area contributed by atoms with Crippen molar-refractivity contribution in [1.29, 1.82) is 0 Å². The normalized spacial score (nSPS) is 15.2. The van der Waals surface area contributed by atoms with Crippen molar-refractivity contribution in [2.24, 2.45) is 10.9 Å². The third-order valence-electron chi connectivity index (χ3n) is 1.32. The molecule has 0 radical (unpaired) electrons. The van der Waals surface area contributed by atoms with E-state index < -0.39 is 0 Å².